The van der Waals surface area contributed by atoms with Gasteiger partial charge in [0.15, 0.2) is 5.75 Å². The predicted octanol–water partition coefficient (Wildman–Crippen LogP) is 2.79. The van der Waals surface area contributed by atoms with Gasteiger partial charge in [0, 0.05) is 0 Å². The van der Waals surface area contributed by atoms with Crippen molar-refractivity contribution >= 4 is 29.2 Å². The van der Waals surface area contributed by atoms with Crippen molar-refractivity contribution in [3.8, 4) is 5.75 Å². The minimum absolute atomic E-state index is 0.278. The summed E-state index contributed by atoms with van der Waals surface area (Å²) in [7, 11) is 2.74. The van der Waals surface area contributed by atoms with Crippen LogP contribution in [-0.4, -0.2) is 20.2 Å². The van der Waals surface area contributed by atoms with Crippen molar-refractivity contribution in [3.63, 3.8) is 0 Å². The van der Waals surface area contributed by atoms with Crippen LogP contribution in [0.4, 0.5) is 0 Å². The summed E-state index contributed by atoms with van der Waals surface area (Å²) in [6.45, 7) is 0. The fourth-order valence-corrected chi connectivity index (χ4v) is 1.63. The minimum atomic E-state index is -0.489. The quantitative estimate of drug-likeness (QED) is 0.590. The molecule has 0 spiro atoms. The molecule has 0 N–H and O–H groups in total. The fourth-order valence-electron chi connectivity index (χ4n) is 0.991. The number of carbonyl (C=O) groups is 1. The second-order valence-electron chi connectivity index (χ2n) is 2.46. The molecular formula is C9H8Cl2O3. The third-order valence-corrected chi connectivity index (χ3v) is 2.19. The first-order chi connectivity index (χ1) is 6.60. The van der Waals surface area contributed by atoms with Gasteiger partial charge >= 0.3 is 5.97 Å². The molecule has 1 rings (SSSR count). The van der Waals surface area contributed by atoms with E-state index in [-0.39, 0.29) is 10.0 Å². The maximum absolute atomic E-state index is 11.1. The van der Waals surface area contributed by atoms with Gasteiger partial charge in [-0.15, -0.1) is 0 Å². The molecule has 0 heterocycles. The second kappa shape index (κ2) is 4.53. The van der Waals surface area contributed by atoms with Crippen LogP contribution in [0.2, 0.25) is 10.0 Å². The van der Waals surface area contributed by atoms with Gasteiger partial charge in [0.05, 0.1) is 29.8 Å². The van der Waals surface area contributed by atoms with Crippen molar-refractivity contribution in [2.24, 2.45) is 0 Å². The van der Waals surface area contributed by atoms with E-state index in [1.54, 1.807) is 0 Å². The number of halogens is 2. The molecule has 0 atom stereocenters. The molecule has 0 aliphatic carbocycles. The van der Waals surface area contributed by atoms with Crippen molar-refractivity contribution < 1.29 is 14.3 Å². The summed E-state index contributed by atoms with van der Waals surface area (Å²) in [5.74, 6) is -0.141. The highest BCUT2D eigenvalue weighted by Crippen LogP contribution is 2.33. The van der Waals surface area contributed by atoms with E-state index in [1.165, 1.54) is 26.4 Å². The topological polar surface area (TPSA) is 35.5 Å². The molecule has 0 aromatic heterocycles. The zero-order chi connectivity index (χ0) is 10.7. The van der Waals surface area contributed by atoms with E-state index < -0.39 is 5.97 Å². The van der Waals surface area contributed by atoms with Crippen LogP contribution in [-0.2, 0) is 4.74 Å². The van der Waals surface area contributed by atoms with Gasteiger partial charge in [-0.3, -0.25) is 0 Å². The van der Waals surface area contributed by atoms with Crippen LogP contribution in [0, 0.1) is 0 Å². The molecule has 1 aromatic rings. The van der Waals surface area contributed by atoms with Crippen LogP contribution < -0.4 is 4.74 Å². The van der Waals surface area contributed by atoms with Crippen molar-refractivity contribution in [2.75, 3.05) is 14.2 Å². The van der Waals surface area contributed by atoms with Gasteiger partial charge in [0.2, 0.25) is 0 Å². The Morgan fingerprint density at radius 2 is 1.71 bits per heavy atom. The van der Waals surface area contributed by atoms with E-state index in [1.807, 2.05) is 0 Å². The number of rotatable bonds is 2. The Bertz CT molecular complexity index is 340. The molecule has 0 saturated heterocycles. The molecule has 0 amide bonds. The minimum Gasteiger partial charge on any atom is -0.494 e. The number of hydrogen-bond donors (Lipinski definition) is 0. The van der Waals surface area contributed by atoms with E-state index in [4.69, 9.17) is 27.9 Å². The summed E-state index contributed by atoms with van der Waals surface area (Å²) < 4.78 is 9.45. The first-order valence-corrected chi connectivity index (χ1v) is 4.47. The van der Waals surface area contributed by atoms with E-state index in [9.17, 15) is 4.79 Å². The summed E-state index contributed by atoms with van der Waals surface area (Å²) in [5, 5.41) is 0.556. The van der Waals surface area contributed by atoms with Crippen LogP contribution in [0.5, 0.6) is 5.75 Å². The molecule has 5 heteroatoms. The first-order valence-electron chi connectivity index (χ1n) is 3.71. The van der Waals surface area contributed by atoms with Crippen LogP contribution in [0.15, 0.2) is 12.1 Å². The summed E-state index contributed by atoms with van der Waals surface area (Å²) >= 11 is 11.6. The van der Waals surface area contributed by atoms with E-state index in [0.29, 0.717) is 11.3 Å². The molecule has 0 radical (unpaired) electrons. The maximum Gasteiger partial charge on any atom is 0.337 e. The third-order valence-electron chi connectivity index (χ3n) is 1.62. The van der Waals surface area contributed by atoms with Gasteiger partial charge in [0.1, 0.15) is 0 Å². The van der Waals surface area contributed by atoms with Crippen LogP contribution in [0.3, 0.4) is 0 Å². The van der Waals surface area contributed by atoms with Crippen molar-refractivity contribution in [1.82, 2.24) is 0 Å². The lowest BCUT2D eigenvalue weighted by atomic mass is 11.2. The summed E-state index contributed by atoms with van der Waals surface area (Å²) in [4.78, 5) is 11.1. The molecule has 3 nitrogen and oxygen atoms in total. The Morgan fingerprint density at radius 1 is 1.21 bits per heavy atom. The number of benzene rings is 1. The number of ether oxygens (including phenoxy) is 2. The summed E-state index contributed by atoms with van der Waals surface area (Å²) in [6, 6.07) is 2.89. The Labute approximate surface area is 91.5 Å². The Kier molecular flexibility index (Phi) is 3.61. The van der Waals surface area contributed by atoms with E-state index in [2.05, 4.69) is 4.74 Å². The molecular weight excluding hydrogens is 234 g/mol. The standard InChI is InChI=1S/C9H8Cl2O3/c1-13-8-6(10)3-5(4-7(8)11)9(12)14-2/h3-4H,1-2H3/i3+1,4+1,5+1,6+1,7+1,8+1,9+1. The van der Waals surface area contributed by atoms with Crippen molar-refractivity contribution in [2.45, 2.75) is 0 Å². The van der Waals surface area contributed by atoms with Gasteiger partial charge < -0.3 is 9.47 Å². The lowest BCUT2D eigenvalue weighted by Gasteiger charge is -2.07. The monoisotopic (exact) mass is 241 g/mol. The second-order valence-corrected chi connectivity index (χ2v) is 3.28. The molecule has 0 fully saturated rings. The fraction of sp³-hybridized carbons (Fsp3) is 0.222. The third kappa shape index (κ3) is 2.11. The normalized spacial score (nSPS) is 9.71. The highest BCUT2D eigenvalue weighted by atomic mass is 35.5. The molecule has 76 valence electrons. The molecule has 0 aliphatic heterocycles. The van der Waals surface area contributed by atoms with Gasteiger partial charge in [-0.05, 0) is 12.1 Å². The van der Waals surface area contributed by atoms with Gasteiger partial charge in [-0.2, -0.15) is 0 Å². The number of esters is 1. The summed E-state index contributed by atoms with van der Waals surface area (Å²) in [5.41, 5.74) is 0.295. The van der Waals surface area contributed by atoms with Crippen molar-refractivity contribution in [3.05, 3.63) is 27.7 Å². The van der Waals surface area contributed by atoms with E-state index in [0.717, 1.165) is 0 Å². The Morgan fingerprint density at radius 3 is 2.07 bits per heavy atom. The first kappa shape index (κ1) is 11.1. The summed E-state index contributed by atoms with van der Waals surface area (Å²) in [6.07, 6.45) is 0. The molecule has 0 saturated carbocycles. The molecule has 0 bridgehead atoms. The highest BCUT2D eigenvalue weighted by molar-refractivity contribution is 6.37. The highest BCUT2D eigenvalue weighted by Gasteiger charge is 2.13. The molecule has 1 aromatic carbocycles. The average molecular weight is 242 g/mol. The molecule has 0 aliphatic rings. The van der Waals surface area contributed by atoms with Gasteiger partial charge in [0.25, 0.3) is 0 Å². The van der Waals surface area contributed by atoms with Crippen LogP contribution in [0.25, 0.3) is 0 Å². The predicted molar refractivity (Wildman–Crippen MR) is 54.4 cm³/mol. The average Bonchev–Trinajstić information content (AvgIpc) is 2.16. The van der Waals surface area contributed by atoms with Crippen LogP contribution in [0.1, 0.15) is 10.4 Å². The zero-order valence-corrected chi connectivity index (χ0v) is 9.15. The van der Waals surface area contributed by atoms with Crippen molar-refractivity contribution in [1.29, 1.82) is 0 Å². The SMILES string of the molecule is CO[13C](=O)[13c]1[13cH][13c](Cl)[13c](OC)[13c](Cl)[13cH]1. The molecule has 0 unspecified atom stereocenters. The zero-order valence-electron chi connectivity index (χ0n) is 7.64. The number of carbonyl (C=O) groups excluding carboxylic acids is 1. The number of hydrogen-bond acceptors (Lipinski definition) is 3. The van der Waals surface area contributed by atoms with Gasteiger partial charge in [-0.25, -0.2) is 4.79 Å². The lowest BCUT2D eigenvalue weighted by molar-refractivity contribution is 0.0600. The maximum atomic E-state index is 11.1. The van der Waals surface area contributed by atoms with Gasteiger partial charge in [-0.1, -0.05) is 23.2 Å². The largest absolute Gasteiger partial charge is 0.494 e. The number of methoxy groups -OCH3 is 2. The van der Waals surface area contributed by atoms with E-state index >= 15 is 0 Å². The smallest absolute Gasteiger partial charge is 0.337 e. The van der Waals surface area contributed by atoms with Crippen LogP contribution >= 0.6 is 23.2 Å². The Hall–Kier alpha value is -0.930. The molecule has 14 heavy (non-hydrogen) atoms. The Balaban J connectivity index is 3.20. The lowest BCUT2D eigenvalue weighted by Crippen LogP contribution is -2.01.